The highest BCUT2D eigenvalue weighted by atomic mass is 16.7. The van der Waals surface area contributed by atoms with Gasteiger partial charge < -0.3 is 9.47 Å². The van der Waals surface area contributed by atoms with Gasteiger partial charge in [0.25, 0.3) is 6.29 Å². The Bertz CT molecular complexity index is 461. The van der Waals surface area contributed by atoms with Gasteiger partial charge in [0, 0.05) is 19.4 Å². The van der Waals surface area contributed by atoms with Crippen LogP contribution < -0.4 is 0 Å². The summed E-state index contributed by atoms with van der Waals surface area (Å²) in [6.45, 7) is 4.60. The molecule has 0 saturated carbocycles. The molecule has 0 saturated heterocycles. The SMILES string of the molecule is CCCC(=Cc1ccccc1)C(OC(C)=O)OC(C)=O. The standard InChI is InChI=1S/C16H20O4/c1-4-8-15(11-14-9-6-5-7-10-14)16(19-12(2)17)20-13(3)18/h5-7,9-11,16H,4,8H2,1-3H3. The molecule has 0 N–H and O–H groups in total. The molecule has 0 aliphatic rings. The Kier molecular flexibility index (Phi) is 6.50. The van der Waals surface area contributed by atoms with E-state index >= 15 is 0 Å². The van der Waals surface area contributed by atoms with Crippen molar-refractivity contribution in [2.75, 3.05) is 0 Å². The summed E-state index contributed by atoms with van der Waals surface area (Å²) in [4.78, 5) is 22.3. The second-order valence-electron chi connectivity index (χ2n) is 4.43. The maximum Gasteiger partial charge on any atom is 0.305 e. The summed E-state index contributed by atoms with van der Waals surface area (Å²) in [5.41, 5.74) is 1.74. The van der Waals surface area contributed by atoms with Crippen LogP contribution in [0.3, 0.4) is 0 Å². The zero-order valence-electron chi connectivity index (χ0n) is 12.1. The van der Waals surface area contributed by atoms with Crippen LogP contribution in [-0.4, -0.2) is 18.2 Å². The van der Waals surface area contributed by atoms with Crippen LogP contribution in [0.5, 0.6) is 0 Å². The first-order valence-corrected chi connectivity index (χ1v) is 6.63. The number of carbonyl (C=O) groups excluding carboxylic acids is 2. The van der Waals surface area contributed by atoms with E-state index in [1.165, 1.54) is 13.8 Å². The first-order chi connectivity index (χ1) is 9.52. The van der Waals surface area contributed by atoms with Gasteiger partial charge in [0.2, 0.25) is 0 Å². The molecule has 0 aliphatic carbocycles. The van der Waals surface area contributed by atoms with Crippen molar-refractivity contribution in [3.05, 3.63) is 41.5 Å². The molecule has 0 amide bonds. The van der Waals surface area contributed by atoms with E-state index in [9.17, 15) is 9.59 Å². The molecule has 4 heteroatoms. The van der Waals surface area contributed by atoms with Crippen molar-refractivity contribution in [1.29, 1.82) is 0 Å². The molecule has 108 valence electrons. The monoisotopic (exact) mass is 276 g/mol. The molecule has 0 radical (unpaired) electrons. The predicted octanol–water partition coefficient (Wildman–Crippen LogP) is 3.32. The van der Waals surface area contributed by atoms with E-state index in [-0.39, 0.29) is 0 Å². The number of benzene rings is 1. The Morgan fingerprint density at radius 1 is 1.10 bits per heavy atom. The van der Waals surface area contributed by atoms with Gasteiger partial charge in [0.05, 0.1) is 0 Å². The normalized spacial score (nSPS) is 11.3. The lowest BCUT2D eigenvalue weighted by atomic mass is 10.1. The molecule has 4 nitrogen and oxygen atoms in total. The highest BCUT2D eigenvalue weighted by molar-refractivity contribution is 5.69. The lowest BCUT2D eigenvalue weighted by Crippen LogP contribution is -2.24. The van der Waals surface area contributed by atoms with E-state index in [0.717, 1.165) is 17.6 Å². The molecule has 0 fully saturated rings. The van der Waals surface area contributed by atoms with Gasteiger partial charge in [0.1, 0.15) is 0 Å². The molecule has 1 aromatic rings. The first-order valence-electron chi connectivity index (χ1n) is 6.63. The molecule has 1 aromatic carbocycles. The fraction of sp³-hybridized carbons (Fsp3) is 0.375. The van der Waals surface area contributed by atoms with E-state index in [2.05, 4.69) is 0 Å². The van der Waals surface area contributed by atoms with Gasteiger partial charge in [-0.05, 0) is 18.1 Å². The Hall–Kier alpha value is -2.10. The van der Waals surface area contributed by atoms with Crippen LogP contribution in [0.25, 0.3) is 6.08 Å². The van der Waals surface area contributed by atoms with E-state index in [1.807, 2.05) is 43.3 Å². The van der Waals surface area contributed by atoms with Gasteiger partial charge in [-0.2, -0.15) is 0 Å². The molecule has 0 aliphatic heterocycles. The van der Waals surface area contributed by atoms with Crippen LogP contribution in [0.15, 0.2) is 35.9 Å². The third kappa shape index (κ3) is 5.69. The summed E-state index contributed by atoms with van der Waals surface area (Å²) in [5, 5.41) is 0. The fourth-order valence-corrected chi connectivity index (χ4v) is 1.79. The molecule has 20 heavy (non-hydrogen) atoms. The maximum atomic E-state index is 11.2. The molecule has 0 heterocycles. The highest BCUT2D eigenvalue weighted by Gasteiger charge is 2.20. The number of hydrogen-bond donors (Lipinski definition) is 0. The van der Waals surface area contributed by atoms with Crippen molar-refractivity contribution in [3.63, 3.8) is 0 Å². The zero-order valence-corrected chi connectivity index (χ0v) is 12.1. The Balaban J connectivity index is 3.02. The third-order valence-corrected chi connectivity index (χ3v) is 2.54. The van der Waals surface area contributed by atoms with Gasteiger partial charge in [-0.25, -0.2) is 0 Å². The number of ether oxygens (including phenoxy) is 2. The minimum absolute atomic E-state index is 0.480. The molecule has 0 unspecified atom stereocenters. The Morgan fingerprint density at radius 2 is 1.65 bits per heavy atom. The van der Waals surface area contributed by atoms with Crippen LogP contribution in [0.2, 0.25) is 0 Å². The summed E-state index contributed by atoms with van der Waals surface area (Å²) in [6.07, 6.45) is 2.47. The first kappa shape index (κ1) is 16.0. The van der Waals surface area contributed by atoms with Gasteiger partial charge in [-0.3, -0.25) is 9.59 Å². The molecular weight excluding hydrogens is 256 g/mol. The zero-order chi connectivity index (χ0) is 15.0. The number of esters is 2. The van der Waals surface area contributed by atoms with Crippen LogP contribution in [0.1, 0.15) is 39.2 Å². The Morgan fingerprint density at radius 3 is 2.10 bits per heavy atom. The van der Waals surface area contributed by atoms with Crippen molar-refractivity contribution < 1.29 is 19.1 Å². The van der Waals surface area contributed by atoms with Crippen LogP contribution >= 0.6 is 0 Å². The molecular formula is C16H20O4. The summed E-state index contributed by atoms with van der Waals surface area (Å²) >= 11 is 0. The third-order valence-electron chi connectivity index (χ3n) is 2.54. The second-order valence-corrected chi connectivity index (χ2v) is 4.43. The number of hydrogen-bond acceptors (Lipinski definition) is 4. The van der Waals surface area contributed by atoms with E-state index in [1.54, 1.807) is 0 Å². The maximum absolute atomic E-state index is 11.2. The van der Waals surface area contributed by atoms with Crippen molar-refractivity contribution in [1.82, 2.24) is 0 Å². The molecule has 0 atom stereocenters. The lowest BCUT2D eigenvalue weighted by Gasteiger charge is -2.19. The van der Waals surface area contributed by atoms with Gasteiger partial charge in [0.15, 0.2) is 0 Å². The van der Waals surface area contributed by atoms with E-state index < -0.39 is 18.2 Å². The van der Waals surface area contributed by atoms with Gasteiger partial charge in [-0.1, -0.05) is 43.7 Å². The van der Waals surface area contributed by atoms with Gasteiger partial charge in [-0.15, -0.1) is 0 Å². The van der Waals surface area contributed by atoms with E-state index in [4.69, 9.17) is 9.47 Å². The molecule has 1 rings (SSSR count). The Labute approximate surface area is 119 Å². The average Bonchev–Trinajstić information content (AvgIpc) is 2.37. The van der Waals surface area contributed by atoms with Crippen molar-refractivity contribution in [2.24, 2.45) is 0 Å². The van der Waals surface area contributed by atoms with Crippen molar-refractivity contribution in [2.45, 2.75) is 39.9 Å². The van der Waals surface area contributed by atoms with Crippen LogP contribution in [-0.2, 0) is 19.1 Å². The van der Waals surface area contributed by atoms with Gasteiger partial charge >= 0.3 is 11.9 Å². The van der Waals surface area contributed by atoms with Crippen molar-refractivity contribution in [3.8, 4) is 0 Å². The lowest BCUT2D eigenvalue weighted by molar-refractivity contribution is -0.178. The fourth-order valence-electron chi connectivity index (χ4n) is 1.79. The summed E-state index contributed by atoms with van der Waals surface area (Å²) in [6, 6.07) is 9.64. The molecule has 0 bridgehead atoms. The van der Waals surface area contributed by atoms with Crippen LogP contribution in [0, 0.1) is 0 Å². The number of carbonyl (C=O) groups is 2. The molecule has 0 aromatic heterocycles. The largest absolute Gasteiger partial charge is 0.421 e. The summed E-state index contributed by atoms with van der Waals surface area (Å²) in [5.74, 6) is -0.961. The smallest absolute Gasteiger partial charge is 0.305 e. The van der Waals surface area contributed by atoms with Crippen LogP contribution in [0.4, 0.5) is 0 Å². The van der Waals surface area contributed by atoms with Crippen molar-refractivity contribution >= 4 is 18.0 Å². The highest BCUT2D eigenvalue weighted by Crippen LogP contribution is 2.19. The average molecular weight is 276 g/mol. The second kappa shape index (κ2) is 8.15. The number of rotatable bonds is 6. The van der Waals surface area contributed by atoms with E-state index in [0.29, 0.717) is 6.42 Å². The minimum atomic E-state index is -0.954. The summed E-state index contributed by atoms with van der Waals surface area (Å²) in [7, 11) is 0. The summed E-state index contributed by atoms with van der Waals surface area (Å²) < 4.78 is 10.2. The quantitative estimate of drug-likeness (QED) is 0.591. The minimum Gasteiger partial charge on any atom is -0.421 e. The molecule has 0 spiro atoms. The topological polar surface area (TPSA) is 52.6 Å². The predicted molar refractivity (Wildman–Crippen MR) is 76.6 cm³/mol.